The Morgan fingerprint density at radius 1 is 1.25 bits per heavy atom. The molecule has 1 amide bonds. The summed E-state index contributed by atoms with van der Waals surface area (Å²) in [6.07, 6.45) is 0.846. The second kappa shape index (κ2) is 10.6. The van der Waals surface area contributed by atoms with Crippen LogP contribution in [-0.2, 0) is 9.53 Å². The Morgan fingerprint density at radius 2 is 2.06 bits per heavy atom. The molecule has 1 aliphatic rings. The van der Waals surface area contributed by atoms with Crippen molar-refractivity contribution in [3.05, 3.63) is 52.5 Å². The predicted molar refractivity (Wildman–Crippen MR) is 130 cm³/mol. The van der Waals surface area contributed by atoms with Crippen molar-refractivity contribution in [3.8, 4) is 5.75 Å². The fraction of sp³-hybridized carbons (Fsp3) is 0.417. The number of nitrogens with zero attached hydrogens (tertiary/aromatic N) is 3. The van der Waals surface area contributed by atoms with Crippen molar-refractivity contribution in [2.45, 2.75) is 20.3 Å². The highest BCUT2D eigenvalue weighted by Crippen LogP contribution is 2.35. The van der Waals surface area contributed by atoms with Crippen LogP contribution in [-0.4, -0.2) is 61.8 Å². The van der Waals surface area contributed by atoms with Crippen molar-refractivity contribution in [3.63, 3.8) is 0 Å². The SMILES string of the molecule is Cc1cccc(OCC(=O)N(CCCN2CCOCC2)c2nc3c(C)ccc(Cl)c3s2)c1. The van der Waals surface area contributed by atoms with Gasteiger partial charge in [-0.15, -0.1) is 0 Å². The quantitative estimate of drug-likeness (QED) is 0.474. The Bertz CT molecular complexity index is 1040. The van der Waals surface area contributed by atoms with Gasteiger partial charge in [-0.25, -0.2) is 4.98 Å². The first kappa shape index (κ1) is 23.0. The molecule has 0 aliphatic carbocycles. The van der Waals surface area contributed by atoms with Crippen LogP contribution in [0.15, 0.2) is 36.4 Å². The van der Waals surface area contributed by atoms with E-state index in [0.717, 1.165) is 60.6 Å². The topological polar surface area (TPSA) is 54.9 Å². The zero-order valence-corrected chi connectivity index (χ0v) is 20.0. The zero-order chi connectivity index (χ0) is 22.5. The van der Waals surface area contributed by atoms with Crippen LogP contribution in [0.5, 0.6) is 5.75 Å². The van der Waals surface area contributed by atoms with Gasteiger partial charge < -0.3 is 9.47 Å². The van der Waals surface area contributed by atoms with E-state index in [1.54, 1.807) is 4.90 Å². The van der Waals surface area contributed by atoms with Gasteiger partial charge in [-0.2, -0.15) is 0 Å². The summed E-state index contributed by atoms with van der Waals surface area (Å²) in [6, 6.07) is 11.6. The van der Waals surface area contributed by atoms with E-state index in [9.17, 15) is 4.79 Å². The van der Waals surface area contributed by atoms with E-state index < -0.39 is 0 Å². The van der Waals surface area contributed by atoms with Gasteiger partial charge in [0.2, 0.25) is 0 Å². The van der Waals surface area contributed by atoms with Gasteiger partial charge >= 0.3 is 0 Å². The maximum Gasteiger partial charge on any atom is 0.266 e. The lowest BCUT2D eigenvalue weighted by atomic mass is 10.2. The molecule has 6 nitrogen and oxygen atoms in total. The van der Waals surface area contributed by atoms with Crippen molar-refractivity contribution in [1.82, 2.24) is 9.88 Å². The molecule has 1 aromatic heterocycles. The Morgan fingerprint density at radius 3 is 2.81 bits per heavy atom. The molecule has 1 saturated heterocycles. The summed E-state index contributed by atoms with van der Waals surface area (Å²) in [5.41, 5.74) is 2.99. The van der Waals surface area contributed by atoms with E-state index in [2.05, 4.69) is 4.90 Å². The van der Waals surface area contributed by atoms with Crippen molar-refractivity contribution < 1.29 is 14.3 Å². The number of halogens is 1. The highest BCUT2D eigenvalue weighted by molar-refractivity contribution is 7.23. The van der Waals surface area contributed by atoms with Gasteiger partial charge in [-0.1, -0.05) is 41.1 Å². The molecule has 1 aliphatic heterocycles. The standard InChI is InChI=1S/C24H28ClN3O3S/c1-17-5-3-6-19(15-17)31-16-21(29)28(10-4-9-27-11-13-30-14-12-27)24-26-22-18(2)7-8-20(25)23(22)32-24/h3,5-8,15H,4,9-14,16H2,1-2H3. The van der Waals surface area contributed by atoms with Gasteiger partial charge in [-0.3, -0.25) is 14.6 Å². The number of aryl methyl sites for hydroxylation is 2. The Hall–Kier alpha value is -2.19. The monoisotopic (exact) mass is 473 g/mol. The Labute approximate surface area is 197 Å². The number of aromatic nitrogens is 1. The third-order valence-corrected chi connectivity index (χ3v) is 7.07. The van der Waals surface area contributed by atoms with E-state index in [1.165, 1.54) is 11.3 Å². The lowest BCUT2D eigenvalue weighted by molar-refractivity contribution is -0.120. The molecule has 32 heavy (non-hydrogen) atoms. The maximum absolute atomic E-state index is 13.2. The summed E-state index contributed by atoms with van der Waals surface area (Å²) in [4.78, 5) is 22.1. The first-order valence-electron chi connectivity index (χ1n) is 10.9. The molecule has 8 heteroatoms. The van der Waals surface area contributed by atoms with Crippen LogP contribution in [0, 0.1) is 13.8 Å². The second-order valence-electron chi connectivity index (χ2n) is 8.00. The van der Waals surface area contributed by atoms with Gasteiger partial charge in [-0.05, 0) is 49.6 Å². The summed E-state index contributed by atoms with van der Waals surface area (Å²) in [7, 11) is 0. The Kier molecular flexibility index (Phi) is 7.63. The molecule has 2 aromatic carbocycles. The minimum absolute atomic E-state index is 0.0380. The lowest BCUT2D eigenvalue weighted by Crippen LogP contribution is -2.40. The third kappa shape index (κ3) is 5.59. The minimum Gasteiger partial charge on any atom is -0.484 e. The third-order valence-electron chi connectivity index (χ3n) is 5.53. The average Bonchev–Trinajstić information content (AvgIpc) is 3.25. The number of carbonyl (C=O) groups excluding carboxylic acids is 1. The van der Waals surface area contributed by atoms with E-state index in [-0.39, 0.29) is 12.5 Å². The molecule has 170 valence electrons. The largest absolute Gasteiger partial charge is 0.484 e. The van der Waals surface area contributed by atoms with Crippen LogP contribution in [0.3, 0.4) is 0 Å². The molecule has 4 rings (SSSR count). The number of ether oxygens (including phenoxy) is 2. The first-order valence-corrected chi connectivity index (χ1v) is 12.1. The second-order valence-corrected chi connectivity index (χ2v) is 9.38. The van der Waals surface area contributed by atoms with E-state index in [4.69, 9.17) is 26.1 Å². The van der Waals surface area contributed by atoms with Crippen LogP contribution in [0.1, 0.15) is 17.5 Å². The van der Waals surface area contributed by atoms with Crippen molar-refractivity contribution in [2.75, 3.05) is 50.9 Å². The summed E-state index contributed by atoms with van der Waals surface area (Å²) < 4.78 is 12.1. The highest BCUT2D eigenvalue weighted by atomic mass is 35.5. The number of carbonyl (C=O) groups is 1. The smallest absolute Gasteiger partial charge is 0.266 e. The molecule has 0 atom stereocenters. The normalized spacial score (nSPS) is 14.6. The molecule has 0 saturated carbocycles. The predicted octanol–water partition coefficient (Wildman–Crippen LogP) is 4.70. The van der Waals surface area contributed by atoms with E-state index in [0.29, 0.717) is 22.4 Å². The van der Waals surface area contributed by atoms with Crippen molar-refractivity contribution in [2.24, 2.45) is 0 Å². The molecule has 2 heterocycles. The molecule has 3 aromatic rings. The number of rotatable bonds is 8. The number of hydrogen-bond acceptors (Lipinski definition) is 6. The molecule has 0 unspecified atom stereocenters. The molecule has 0 N–H and O–H groups in total. The maximum atomic E-state index is 13.2. The summed E-state index contributed by atoms with van der Waals surface area (Å²) in [5.74, 6) is 0.580. The summed E-state index contributed by atoms with van der Waals surface area (Å²) in [5, 5.41) is 1.32. The van der Waals surface area contributed by atoms with Crippen LogP contribution < -0.4 is 9.64 Å². The minimum atomic E-state index is -0.110. The molecule has 0 bridgehead atoms. The summed E-state index contributed by atoms with van der Waals surface area (Å²) >= 11 is 7.87. The number of thiazole rings is 1. The van der Waals surface area contributed by atoms with Gasteiger partial charge in [0.1, 0.15) is 5.75 Å². The fourth-order valence-corrected chi connectivity index (χ4v) is 5.10. The molecular formula is C24H28ClN3O3S. The number of amides is 1. The van der Waals surface area contributed by atoms with E-state index >= 15 is 0 Å². The van der Waals surface area contributed by atoms with Crippen LogP contribution in [0.2, 0.25) is 5.02 Å². The molecule has 0 spiro atoms. The van der Waals surface area contributed by atoms with Crippen LogP contribution >= 0.6 is 22.9 Å². The van der Waals surface area contributed by atoms with Gasteiger partial charge in [0.05, 0.1) is 28.5 Å². The molecular weight excluding hydrogens is 446 g/mol. The van der Waals surface area contributed by atoms with Gasteiger partial charge in [0.25, 0.3) is 5.91 Å². The number of fused-ring (bicyclic) bond motifs is 1. The lowest BCUT2D eigenvalue weighted by Gasteiger charge is -2.27. The number of morpholine rings is 1. The van der Waals surface area contributed by atoms with E-state index in [1.807, 2.05) is 50.2 Å². The zero-order valence-electron chi connectivity index (χ0n) is 18.5. The average molecular weight is 474 g/mol. The van der Waals surface area contributed by atoms with Gasteiger partial charge in [0, 0.05) is 26.2 Å². The number of hydrogen-bond donors (Lipinski definition) is 0. The summed E-state index contributed by atoms with van der Waals surface area (Å²) in [6.45, 7) is 8.85. The first-order chi connectivity index (χ1) is 15.5. The van der Waals surface area contributed by atoms with Crippen molar-refractivity contribution >= 4 is 44.2 Å². The fourth-order valence-electron chi connectivity index (χ4n) is 3.74. The van der Waals surface area contributed by atoms with Gasteiger partial charge in [0.15, 0.2) is 11.7 Å². The highest BCUT2D eigenvalue weighted by Gasteiger charge is 2.22. The van der Waals surface area contributed by atoms with Crippen LogP contribution in [0.4, 0.5) is 5.13 Å². The number of anilines is 1. The Balaban J connectivity index is 1.51. The van der Waals surface area contributed by atoms with Crippen molar-refractivity contribution in [1.29, 1.82) is 0 Å². The van der Waals surface area contributed by atoms with Crippen LogP contribution in [0.25, 0.3) is 10.2 Å². The molecule has 0 radical (unpaired) electrons. The number of benzene rings is 2. The molecule has 1 fully saturated rings.